The number of hydrogen-bond acceptors (Lipinski definition) is 3. The van der Waals surface area contributed by atoms with Gasteiger partial charge in [-0.2, -0.15) is 0 Å². The zero-order chi connectivity index (χ0) is 15.7. The largest absolute Gasteiger partial charge is 0.366 e. The summed E-state index contributed by atoms with van der Waals surface area (Å²) in [5, 5.41) is 5.37. The van der Waals surface area contributed by atoms with E-state index in [0.29, 0.717) is 6.54 Å². The molecule has 2 N–H and O–H groups in total. The number of carbonyl (C=O) groups is 1. The van der Waals surface area contributed by atoms with Gasteiger partial charge >= 0.3 is 0 Å². The summed E-state index contributed by atoms with van der Waals surface area (Å²) in [5.74, 6) is -3.11. The molecular weight excluding hydrogens is 359 g/mol. The first-order valence-corrected chi connectivity index (χ1v) is 7.70. The second kappa shape index (κ2) is 8.32. The summed E-state index contributed by atoms with van der Waals surface area (Å²) < 4.78 is 26.2. The van der Waals surface area contributed by atoms with Crippen molar-refractivity contribution < 1.29 is 13.6 Å². The molecule has 1 fully saturated rings. The molecule has 0 saturated carbocycles. The second-order valence-electron chi connectivity index (χ2n) is 6.16. The molecule has 1 amide bonds. The molecule has 2 aliphatic heterocycles. The van der Waals surface area contributed by atoms with Gasteiger partial charge in [-0.1, -0.05) is 18.2 Å². The van der Waals surface area contributed by atoms with E-state index in [0.717, 1.165) is 13.0 Å². The van der Waals surface area contributed by atoms with Gasteiger partial charge in [0.25, 0.3) is 5.92 Å². The molecular formula is C16H23Cl2F2N3O. The van der Waals surface area contributed by atoms with Gasteiger partial charge in [0.15, 0.2) is 0 Å². The minimum absolute atomic E-state index is 0. The van der Waals surface area contributed by atoms with E-state index in [-0.39, 0.29) is 36.8 Å². The minimum Gasteiger partial charge on any atom is -0.366 e. The van der Waals surface area contributed by atoms with E-state index in [1.165, 1.54) is 11.3 Å². The van der Waals surface area contributed by atoms with Crippen LogP contribution in [-0.2, 0) is 11.2 Å². The van der Waals surface area contributed by atoms with Crippen LogP contribution in [0, 0.1) is 0 Å². The van der Waals surface area contributed by atoms with Crippen LogP contribution in [-0.4, -0.2) is 43.5 Å². The zero-order valence-electron chi connectivity index (χ0n) is 13.4. The number of benzene rings is 1. The predicted molar refractivity (Wildman–Crippen MR) is 95.8 cm³/mol. The van der Waals surface area contributed by atoms with E-state index < -0.39 is 24.9 Å². The first-order valence-electron chi connectivity index (χ1n) is 7.70. The third-order valence-corrected chi connectivity index (χ3v) is 4.45. The molecule has 0 bridgehead atoms. The molecule has 2 unspecified atom stereocenters. The molecule has 0 radical (unpaired) electrons. The first kappa shape index (κ1) is 20.9. The zero-order valence-corrected chi connectivity index (χ0v) is 15.1. The lowest BCUT2D eigenvalue weighted by Gasteiger charge is -2.28. The SMILES string of the molecule is CC(CNC(=O)C1CC(F)(F)CN1)N1CCc2ccccc21.Cl.Cl. The van der Waals surface area contributed by atoms with Crippen LogP contribution in [0.3, 0.4) is 0 Å². The summed E-state index contributed by atoms with van der Waals surface area (Å²) in [6.07, 6.45) is 0.588. The van der Waals surface area contributed by atoms with Crippen molar-refractivity contribution in [2.45, 2.75) is 37.8 Å². The number of anilines is 1. The first-order chi connectivity index (χ1) is 10.5. The van der Waals surface area contributed by atoms with Crippen molar-refractivity contribution in [2.24, 2.45) is 0 Å². The van der Waals surface area contributed by atoms with Crippen molar-refractivity contribution in [3.63, 3.8) is 0 Å². The van der Waals surface area contributed by atoms with Crippen LogP contribution < -0.4 is 15.5 Å². The van der Waals surface area contributed by atoms with Crippen molar-refractivity contribution in [3.8, 4) is 0 Å². The molecule has 2 aliphatic rings. The maximum atomic E-state index is 13.1. The van der Waals surface area contributed by atoms with E-state index in [4.69, 9.17) is 0 Å². The van der Waals surface area contributed by atoms with Gasteiger partial charge in [0, 0.05) is 31.2 Å². The fraction of sp³-hybridized carbons (Fsp3) is 0.562. The maximum Gasteiger partial charge on any atom is 0.262 e. The molecule has 1 aromatic carbocycles. The third kappa shape index (κ3) is 4.49. The number of nitrogens with one attached hydrogen (secondary N) is 2. The second-order valence-corrected chi connectivity index (χ2v) is 6.16. The van der Waals surface area contributed by atoms with Gasteiger partial charge < -0.3 is 10.2 Å². The Hall–Kier alpha value is -1.11. The van der Waals surface area contributed by atoms with Crippen molar-refractivity contribution in [1.82, 2.24) is 10.6 Å². The smallest absolute Gasteiger partial charge is 0.262 e. The van der Waals surface area contributed by atoms with Gasteiger partial charge in [-0.25, -0.2) is 8.78 Å². The number of alkyl halides is 2. The molecule has 1 saturated heterocycles. The quantitative estimate of drug-likeness (QED) is 0.841. The number of halogens is 4. The highest BCUT2D eigenvalue weighted by Gasteiger charge is 2.42. The molecule has 8 heteroatoms. The van der Waals surface area contributed by atoms with Crippen LogP contribution >= 0.6 is 24.8 Å². The van der Waals surface area contributed by atoms with E-state index in [2.05, 4.69) is 27.7 Å². The van der Waals surface area contributed by atoms with Crippen LogP contribution in [0.15, 0.2) is 24.3 Å². The third-order valence-electron chi connectivity index (χ3n) is 4.45. The maximum absolute atomic E-state index is 13.1. The summed E-state index contributed by atoms with van der Waals surface area (Å²) in [6.45, 7) is 3.01. The minimum atomic E-state index is -2.78. The Balaban J connectivity index is 0.00000144. The van der Waals surface area contributed by atoms with Crippen LogP contribution in [0.2, 0.25) is 0 Å². The van der Waals surface area contributed by atoms with Gasteiger partial charge in [-0.15, -0.1) is 24.8 Å². The van der Waals surface area contributed by atoms with Crippen LogP contribution in [0.25, 0.3) is 0 Å². The molecule has 3 rings (SSSR count). The molecule has 4 nitrogen and oxygen atoms in total. The average Bonchev–Trinajstić information content (AvgIpc) is 3.07. The molecule has 1 aromatic rings. The lowest BCUT2D eigenvalue weighted by atomic mass is 10.1. The van der Waals surface area contributed by atoms with Crippen LogP contribution in [0.5, 0.6) is 0 Å². The summed E-state index contributed by atoms with van der Waals surface area (Å²) in [7, 11) is 0. The van der Waals surface area contributed by atoms with E-state index in [1.807, 2.05) is 19.1 Å². The Labute approximate surface area is 153 Å². The van der Waals surface area contributed by atoms with Crippen molar-refractivity contribution in [2.75, 3.05) is 24.5 Å². The Kier molecular flexibility index (Phi) is 7.25. The van der Waals surface area contributed by atoms with E-state index in [1.54, 1.807) is 0 Å². The van der Waals surface area contributed by atoms with Crippen molar-refractivity contribution >= 4 is 36.4 Å². The summed E-state index contributed by atoms with van der Waals surface area (Å²) in [6, 6.07) is 7.58. The highest BCUT2D eigenvalue weighted by atomic mass is 35.5. The molecule has 2 atom stereocenters. The number of rotatable bonds is 4. The number of carbonyl (C=O) groups excluding carboxylic acids is 1. The Bertz CT molecular complexity index is 574. The van der Waals surface area contributed by atoms with Gasteiger partial charge in [0.1, 0.15) is 0 Å². The summed E-state index contributed by atoms with van der Waals surface area (Å²) in [4.78, 5) is 14.2. The van der Waals surface area contributed by atoms with Crippen LogP contribution in [0.1, 0.15) is 18.9 Å². The number of para-hydroxylation sites is 1. The molecule has 0 spiro atoms. The molecule has 2 heterocycles. The molecule has 0 aromatic heterocycles. The van der Waals surface area contributed by atoms with Gasteiger partial charge in [0.05, 0.1) is 12.6 Å². The van der Waals surface area contributed by atoms with Gasteiger partial charge in [-0.3, -0.25) is 10.1 Å². The van der Waals surface area contributed by atoms with E-state index >= 15 is 0 Å². The lowest BCUT2D eigenvalue weighted by Crippen LogP contribution is -2.46. The Morgan fingerprint density at radius 3 is 2.79 bits per heavy atom. The standard InChI is InChI=1S/C16H21F2N3O.2ClH/c1-11(21-7-6-12-4-2-3-5-14(12)21)9-19-15(22)13-8-16(17,18)10-20-13;;/h2-5,11,13,20H,6-10H2,1H3,(H,19,22);2*1H. The average molecular weight is 382 g/mol. The fourth-order valence-electron chi connectivity index (χ4n) is 3.20. The number of nitrogens with zero attached hydrogens (tertiary/aromatic N) is 1. The molecule has 24 heavy (non-hydrogen) atoms. The Morgan fingerprint density at radius 2 is 2.12 bits per heavy atom. The van der Waals surface area contributed by atoms with Crippen LogP contribution in [0.4, 0.5) is 14.5 Å². The number of fused-ring (bicyclic) bond motifs is 1. The molecule has 136 valence electrons. The Morgan fingerprint density at radius 1 is 1.42 bits per heavy atom. The fourth-order valence-corrected chi connectivity index (χ4v) is 3.20. The van der Waals surface area contributed by atoms with Gasteiger partial charge in [-0.05, 0) is 25.0 Å². The van der Waals surface area contributed by atoms with Crippen molar-refractivity contribution in [1.29, 1.82) is 0 Å². The number of amides is 1. The van der Waals surface area contributed by atoms with Gasteiger partial charge in [0.2, 0.25) is 5.91 Å². The monoisotopic (exact) mass is 381 g/mol. The van der Waals surface area contributed by atoms with E-state index in [9.17, 15) is 13.6 Å². The highest BCUT2D eigenvalue weighted by Crippen LogP contribution is 2.29. The summed E-state index contributed by atoms with van der Waals surface area (Å²) in [5.41, 5.74) is 2.52. The van der Waals surface area contributed by atoms with Crippen molar-refractivity contribution in [3.05, 3.63) is 29.8 Å². The molecule has 0 aliphatic carbocycles. The number of hydrogen-bond donors (Lipinski definition) is 2. The normalized spacial score (nSPS) is 22.1. The topological polar surface area (TPSA) is 44.4 Å². The summed E-state index contributed by atoms with van der Waals surface area (Å²) >= 11 is 0. The predicted octanol–water partition coefficient (Wildman–Crippen LogP) is 2.39. The lowest BCUT2D eigenvalue weighted by molar-refractivity contribution is -0.123. The highest BCUT2D eigenvalue weighted by molar-refractivity contribution is 5.85.